The molecule has 6 nitrogen and oxygen atoms in total. The van der Waals surface area contributed by atoms with Gasteiger partial charge in [0, 0.05) is 19.3 Å². The van der Waals surface area contributed by atoms with E-state index in [1.54, 1.807) is 0 Å². The van der Waals surface area contributed by atoms with E-state index in [1.165, 1.54) is 283 Å². The fourth-order valence-corrected chi connectivity index (χ4v) is 11.3. The lowest BCUT2D eigenvalue weighted by Crippen LogP contribution is -2.30. The van der Waals surface area contributed by atoms with E-state index in [9.17, 15) is 14.4 Å². The Bertz CT molecular complexity index is 1430. The Morgan fingerprint density at radius 2 is 0.470 bits per heavy atom. The summed E-state index contributed by atoms with van der Waals surface area (Å²) in [4.78, 5) is 38.4. The third-order valence-corrected chi connectivity index (χ3v) is 16.8. The van der Waals surface area contributed by atoms with Gasteiger partial charge in [-0.05, 0) is 77.0 Å². The van der Waals surface area contributed by atoms with Crippen LogP contribution in [0.25, 0.3) is 0 Å². The van der Waals surface area contributed by atoms with Crippen LogP contribution in [0.3, 0.4) is 0 Å². The summed E-state index contributed by atoms with van der Waals surface area (Å²) in [7, 11) is 0. The molecule has 0 saturated heterocycles. The van der Waals surface area contributed by atoms with Gasteiger partial charge in [-0.2, -0.15) is 0 Å². The zero-order chi connectivity index (χ0) is 59.9. The molecule has 1 atom stereocenters. The number of esters is 3. The molecule has 0 bridgehead atoms. The molecular formula is C77H142O6. The Balaban J connectivity index is 4.16. The minimum absolute atomic E-state index is 0.0772. The highest BCUT2D eigenvalue weighted by molar-refractivity contribution is 5.71. The molecule has 0 heterocycles. The molecule has 0 aliphatic carbocycles. The van der Waals surface area contributed by atoms with E-state index >= 15 is 0 Å². The lowest BCUT2D eigenvalue weighted by atomic mass is 10.0. The van der Waals surface area contributed by atoms with Gasteiger partial charge in [-0.3, -0.25) is 14.4 Å². The lowest BCUT2D eigenvalue weighted by Gasteiger charge is -2.18. The maximum atomic E-state index is 13.0. The summed E-state index contributed by atoms with van der Waals surface area (Å²) in [5.74, 6) is -0.879. The SMILES string of the molecule is CC/C=C\C/C=C\C/C=C\CCCCCC(=O)OCC(COC(=O)CCCCCCCCCCCCCCCCCCCCC/C=C\CCCCCCCCCC)OC(=O)CCCCCCCCCCCCCCCCCCCCCCC. The second-order valence-corrected chi connectivity index (χ2v) is 25.2. The first-order valence-electron chi connectivity index (χ1n) is 37.1. The largest absolute Gasteiger partial charge is 0.462 e. The van der Waals surface area contributed by atoms with Crippen LogP contribution >= 0.6 is 0 Å². The van der Waals surface area contributed by atoms with E-state index in [0.717, 1.165) is 83.5 Å². The lowest BCUT2D eigenvalue weighted by molar-refractivity contribution is -0.167. The molecule has 0 aliphatic heterocycles. The molecule has 6 heteroatoms. The Labute approximate surface area is 518 Å². The first kappa shape index (κ1) is 80.4. The fourth-order valence-electron chi connectivity index (χ4n) is 11.3. The molecule has 0 aliphatic rings. The van der Waals surface area contributed by atoms with Crippen LogP contribution < -0.4 is 0 Å². The van der Waals surface area contributed by atoms with Gasteiger partial charge in [-0.25, -0.2) is 0 Å². The molecule has 83 heavy (non-hydrogen) atoms. The van der Waals surface area contributed by atoms with Crippen LogP contribution in [0.1, 0.15) is 406 Å². The number of rotatable bonds is 69. The van der Waals surface area contributed by atoms with Gasteiger partial charge in [0.25, 0.3) is 0 Å². The molecule has 0 N–H and O–H groups in total. The molecule has 0 radical (unpaired) electrons. The number of carbonyl (C=O) groups is 3. The van der Waals surface area contributed by atoms with Gasteiger partial charge in [-0.15, -0.1) is 0 Å². The Morgan fingerprint density at radius 1 is 0.253 bits per heavy atom. The van der Waals surface area contributed by atoms with Crippen molar-refractivity contribution in [2.24, 2.45) is 0 Å². The van der Waals surface area contributed by atoms with Gasteiger partial charge in [0.15, 0.2) is 6.10 Å². The molecule has 486 valence electrons. The second-order valence-electron chi connectivity index (χ2n) is 25.2. The monoisotopic (exact) mass is 1160 g/mol. The predicted octanol–water partition coefficient (Wildman–Crippen LogP) is 25.7. The minimum atomic E-state index is -0.783. The molecule has 0 rings (SSSR count). The summed E-state index contributed by atoms with van der Waals surface area (Å²) >= 11 is 0. The highest BCUT2D eigenvalue weighted by Gasteiger charge is 2.19. The van der Waals surface area contributed by atoms with Crippen molar-refractivity contribution < 1.29 is 28.6 Å². The topological polar surface area (TPSA) is 78.9 Å². The van der Waals surface area contributed by atoms with Crippen LogP contribution in [0.15, 0.2) is 48.6 Å². The van der Waals surface area contributed by atoms with Crippen LogP contribution in [0.2, 0.25) is 0 Å². The summed E-state index contributed by atoms with van der Waals surface area (Å²) in [6.45, 7) is 6.58. The summed E-state index contributed by atoms with van der Waals surface area (Å²) in [5.41, 5.74) is 0. The van der Waals surface area contributed by atoms with Crippen molar-refractivity contribution in [1.29, 1.82) is 0 Å². The number of hydrogen-bond acceptors (Lipinski definition) is 6. The standard InChI is InChI=1S/C77H142O6/c1-4-7-10-13-16-19-22-25-27-29-31-33-34-35-36-37-38-39-40-41-42-44-45-47-49-52-55-58-61-64-67-70-76(79)82-73-74(72-81-75(78)69-66-63-60-57-54-51-24-21-18-15-12-9-6-3)83-77(80)71-68-65-62-59-56-53-50-48-46-43-32-30-28-26-23-20-17-14-11-8-5-2/h9,12,18,21,29,31,51,54,74H,4-8,10-11,13-17,19-20,22-28,30,32-50,52-53,55-73H2,1-3H3/b12-9-,21-18-,31-29-,54-51-. The van der Waals surface area contributed by atoms with E-state index in [0.29, 0.717) is 19.3 Å². The summed E-state index contributed by atoms with van der Waals surface area (Å²) in [6.07, 6.45) is 91.7. The molecule has 0 saturated carbocycles. The first-order chi connectivity index (χ1) is 41.0. The van der Waals surface area contributed by atoms with Gasteiger partial charge in [0.1, 0.15) is 13.2 Å². The summed E-state index contributed by atoms with van der Waals surface area (Å²) in [6, 6.07) is 0. The number of allylic oxidation sites excluding steroid dienone is 8. The normalized spacial score (nSPS) is 12.3. The molecule has 0 amide bonds. The van der Waals surface area contributed by atoms with E-state index in [1.807, 2.05) is 0 Å². The van der Waals surface area contributed by atoms with Crippen molar-refractivity contribution in [3.63, 3.8) is 0 Å². The van der Waals surface area contributed by atoms with Crippen LogP contribution in [0, 0.1) is 0 Å². The molecule has 1 unspecified atom stereocenters. The van der Waals surface area contributed by atoms with E-state index < -0.39 is 6.10 Å². The van der Waals surface area contributed by atoms with Crippen molar-refractivity contribution in [3.8, 4) is 0 Å². The van der Waals surface area contributed by atoms with Crippen LogP contribution in [-0.4, -0.2) is 37.2 Å². The van der Waals surface area contributed by atoms with Gasteiger partial charge < -0.3 is 14.2 Å². The number of hydrogen-bond donors (Lipinski definition) is 0. The third kappa shape index (κ3) is 70.0. The maximum Gasteiger partial charge on any atom is 0.306 e. The van der Waals surface area contributed by atoms with E-state index in [4.69, 9.17) is 14.2 Å². The van der Waals surface area contributed by atoms with Crippen LogP contribution in [0.5, 0.6) is 0 Å². The summed E-state index contributed by atoms with van der Waals surface area (Å²) in [5, 5.41) is 0. The zero-order valence-electron chi connectivity index (χ0n) is 56.0. The first-order valence-corrected chi connectivity index (χ1v) is 37.1. The minimum Gasteiger partial charge on any atom is -0.462 e. The van der Waals surface area contributed by atoms with Gasteiger partial charge in [-0.1, -0.05) is 358 Å². The number of carbonyl (C=O) groups excluding carboxylic acids is 3. The highest BCUT2D eigenvalue weighted by atomic mass is 16.6. The van der Waals surface area contributed by atoms with Crippen molar-refractivity contribution >= 4 is 17.9 Å². The average Bonchev–Trinajstić information content (AvgIpc) is 3.49. The fraction of sp³-hybridized carbons (Fsp3) is 0.857. The van der Waals surface area contributed by atoms with E-state index in [2.05, 4.69) is 69.4 Å². The molecule has 0 aromatic rings. The van der Waals surface area contributed by atoms with E-state index in [-0.39, 0.29) is 31.1 Å². The van der Waals surface area contributed by atoms with Crippen LogP contribution in [0.4, 0.5) is 0 Å². The van der Waals surface area contributed by atoms with Crippen molar-refractivity contribution in [1.82, 2.24) is 0 Å². The highest BCUT2D eigenvalue weighted by Crippen LogP contribution is 2.19. The number of unbranched alkanes of at least 4 members (excludes halogenated alkanes) is 50. The average molecular weight is 1160 g/mol. The summed E-state index contributed by atoms with van der Waals surface area (Å²) < 4.78 is 17.0. The molecule has 0 fully saturated rings. The molecule has 0 aromatic heterocycles. The smallest absolute Gasteiger partial charge is 0.306 e. The third-order valence-electron chi connectivity index (χ3n) is 16.8. The molecule has 0 aromatic carbocycles. The second kappa shape index (κ2) is 71.8. The Morgan fingerprint density at radius 3 is 0.759 bits per heavy atom. The van der Waals surface area contributed by atoms with Crippen molar-refractivity contribution in [2.45, 2.75) is 412 Å². The zero-order valence-corrected chi connectivity index (χ0v) is 56.0. The number of ether oxygens (including phenoxy) is 3. The van der Waals surface area contributed by atoms with Crippen molar-refractivity contribution in [2.75, 3.05) is 13.2 Å². The Hall–Kier alpha value is -2.63. The van der Waals surface area contributed by atoms with Gasteiger partial charge in [0.2, 0.25) is 0 Å². The Kier molecular flexibility index (Phi) is 69.6. The van der Waals surface area contributed by atoms with Gasteiger partial charge in [0.05, 0.1) is 0 Å². The van der Waals surface area contributed by atoms with Crippen LogP contribution in [-0.2, 0) is 28.6 Å². The molecule has 0 spiro atoms. The van der Waals surface area contributed by atoms with Gasteiger partial charge >= 0.3 is 17.9 Å². The predicted molar refractivity (Wildman–Crippen MR) is 362 cm³/mol. The van der Waals surface area contributed by atoms with Crippen molar-refractivity contribution in [3.05, 3.63) is 48.6 Å². The molecular weight excluding hydrogens is 1020 g/mol. The quantitative estimate of drug-likeness (QED) is 0.0261. The maximum absolute atomic E-state index is 13.0.